The van der Waals surface area contributed by atoms with E-state index in [4.69, 9.17) is 4.74 Å². The molecule has 0 spiro atoms. The van der Waals surface area contributed by atoms with Crippen LogP contribution in [0.5, 0.6) is 5.75 Å². The van der Waals surface area contributed by atoms with E-state index in [1.165, 1.54) is 0 Å². The van der Waals surface area contributed by atoms with E-state index in [-0.39, 0.29) is 11.8 Å². The fourth-order valence-corrected chi connectivity index (χ4v) is 5.35. The summed E-state index contributed by atoms with van der Waals surface area (Å²) >= 11 is 3.61. The van der Waals surface area contributed by atoms with Gasteiger partial charge in [0.2, 0.25) is 0 Å². The number of piperazine rings is 1. The van der Waals surface area contributed by atoms with Crippen molar-refractivity contribution in [1.82, 2.24) is 4.90 Å². The van der Waals surface area contributed by atoms with Crippen LogP contribution in [0.25, 0.3) is 10.8 Å². The molecule has 0 bridgehead atoms. The fraction of sp³-hybridized carbons (Fsp3) is 0.172. The molecule has 182 valence electrons. The summed E-state index contributed by atoms with van der Waals surface area (Å²) in [7, 11) is 1.57. The average molecular weight is 544 g/mol. The normalized spacial score (nSPS) is 13.5. The van der Waals surface area contributed by atoms with E-state index in [0.29, 0.717) is 43.1 Å². The number of rotatable bonds is 5. The van der Waals surface area contributed by atoms with E-state index >= 15 is 0 Å². The topological polar surface area (TPSA) is 61.9 Å². The van der Waals surface area contributed by atoms with E-state index in [2.05, 4.69) is 26.1 Å². The summed E-state index contributed by atoms with van der Waals surface area (Å²) in [6, 6.07) is 26.8. The molecule has 0 aromatic heterocycles. The van der Waals surface area contributed by atoms with Gasteiger partial charge in [-0.25, -0.2) is 0 Å². The van der Waals surface area contributed by atoms with E-state index < -0.39 is 0 Å². The Morgan fingerprint density at radius 3 is 2.28 bits per heavy atom. The third-order valence-corrected chi connectivity index (χ3v) is 7.26. The molecule has 7 heteroatoms. The van der Waals surface area contributed by atoms with E-state index in [1.807, 2.05) is 89.8 Å². The van der Waals surface area contributed by atoms with Crippen molar-refractivity contribution in [3.63, 3.8) is 0 Å². The number of nitrogens with zero attached hydrogens (tertiary/aromatic N) is 2. The monoisotopic (exact) mass is 543 g/mol. The molecule has 0 atom stereocenters. The predicted octanol–water partition coefficient (Wildman–Crippen LogP) is 5.83. The van der Waals surface area contributed by atoms with E-state index in [1.54, 1.807) is 7.11 Å². The lowest BCUT2D eigenvalue weighted by Gasteiger charge is -2.37. The zero-order valence-electron chi connectivity index (χ0n) is 19.9. The summed E-state index contributed by atoms with van der Waals surface area (Å²) in [4.78, 5) is 30.4. The van der Waals surface area contributed by atoms with Gasteiger partial charge < -0.3 is 19.9 Å². The number of hydrogen-bond donors (Lipinski definition) is 1. The van der Waals surface area contributed by atoms with Crippen LogP contribution in [0, 0.1) is 0 Å². The van der Waals surface area contributed by atoms with Crippen LogP contribution in [0.15, 0.2) is 89.4 Å². The number of halogens is 1. The summed E-state index contributed by atoms with van der Waals surface area (Å²) in [5.41, 5.74) is 2.80. The van der Waals surface area contributed by atoms with Gasteiger partial charge in [-0.2, -0.15) is 0 Å². The van der Waals surface area contributed by atoms with Crippen LogP contribution in [-0.2, 0) is 0 Å². The first kappa shape index (κ1) is 23.9. The molecule has 6 nitrogen and oxygen atoms in total. The Bertz CT molecular complexity index is 1420. The van der Waals surface area contributed by atoms with Crippen LogP contribution < -0.4 is 15.0 Å². The van der Waals surface area contributed by atoms with Crippen LogP contribution in [0.4, 0.5) is 11.4 Å². The van der Waals surface area contributed by atoms with Crippen molar-refractivity contribution in [1.29, 1.82) is 0 Å². The Morgan fingerprint density at radius 2 is 1.53 bits per heavy atom. The van der Waals surface area contributed by atoms with Crippen molar-refractivity contribution in [2.24, 2.45) is 0 Å². The highest BCUT2D eigenvalue weighted by molar-refractivity contribution is 9.10. The van der Waals surface area contributed by atoms with Gasteiger partial charge in [-0.05, 0) is 57.0 Å². The molecule has 36 heavy (non-hydrogen) atoms. The number of anilines is 2. The molecule has 5 rings (SSSR count). The summed E-state index contributed by atoms with van der Waals surface area (Å²) < 4.78 is 6.36. The first-order chi connectivity index (χ1) is 17.6. The van der Waals surface area contributed by atoms with Gasteiger partial charge in [-0.15, -0.1) is 0 Å². The van der Waals surface area contributed by atoms with Gasteiger partial charge in [-0.1, -0.05) is 54.6 Å². The zero-order chi connectivity index (χ0) is 25.1. The summed E-state index contributed by atoms with van der Waals surface area (Å²) in [5, 5.41) is 5.02. The van der Waals surface area contributed by atoms with E-state index in [0.717, 1.165) is 26.6 Å². The number of carbonyl (C=O) groups excluding carboxylic acids is 2. The summed E-state index contributed by atoms with van der Waals surface area (Å²) in [6.45, 7) is 2.58. The molecular formula is C29H26BrN3O3. The highest BCUT2D eigenvalue weighted by atomic mass is 79.9. The lowest BCUT2D eigenvalue weighted by atomic mass is 10.0. The van der Waals surface area contributed by atoms with Crippen LogP contribution in [0.1, 0.15) is 20.7 Å². The molecule has 4 aromatic carbocycles. The lowest BCUT2D eigenvalue weighted by molar-refractivity contribution is 0.0746. The number of fused-ring (bicyclic) bond motifs is 1. The molecule has 1 aliphatic rings. The third-order valence-electron chi connectivity index (χ3n) is 6.47. The minimum Gasteiger partial charge on any atom is -0.495 e. The number of ether oxygens (including phenoxy) is 1. The number of para-hydroxylation sites is 2. The second-order valence-corrected chi connectivity index (χ2v) is 9.40. The Balaban J connectivity index is 1.35. The molecule has 1 N–H and O–H groups in total. The smallest absolute Gasteiger partial charge is 0.259 e. The molecule has 1 heterocycles. The lowest BCUT2D eigenvalue weighted by Crippen LogP contribution is -2.49. The highest BCUT2D eigenvalue weighted by Gasteiger charge is 2.25. The standard InChI is InChI=1S/C29H26BrN3O3/c1-36-27-23(19-21-11-5-6-12-22(21)26(27)30)28(34)31-24-13-7-8-14-25(24)32-15-17-33(18-16-32)29(35)20-9-3-2-4-10-20/h2-14,19H,15-18H2,1H3,(H,31,34). The van der Waals surface area contributed by atoms with Crippen molar-refractivity contribution in [3.8, 4) is 5.75 Å². The molecule has 2 amide bonds. The first-order valence-corrected chi connectivity index (χ1v) is 12.6. The summed E-state index contributed by atoms with van der Waals surface area (Å²) in [5.74, 6) is 0.297. The maximum atomic E-state index is 13.4. The zero-order valence-corrected chi connectivity index (χ0v) is 21.5. The molecule has 4 aromatic rings. The van der Waals surface area contributed by atoms with Gasteiger partial charge in [-0.3, -0.25) is 9.59 Å². The SMILES string of the molecule is COc1c(C(=O)Nc2ccccc2N2CCN(C(=O)c3ccccc3)CC2)cc2ccccc2c1Br. The summed E-state index contributed by atoms with van der Waals surface area (Å²) in [6.07, 6.45) is 0. The van der Waals surface area contributed by atoms with Gasteiger partial charge in [0, 0.05) is 31.7 Å². The minimum atomic E-state index is -0.247. The first-order valence-electron chi connectivity index (χ1n) is 11.8. The fourth-order valence-electron chi connectivity index (χ4n) is 4.61. The number of carbonyl (C=O) groups is 2. The second-order valence-electron chi connectivity index (χ2n) is 8.61. The van der Waals surface area contributed by atoms with E-state index in [9.17, 15) is 9.59 Å². The van der Waals surface area contributed by atoms with Gasteiger partial charge in [0.25, 0.3) is 11.8 Å². The van der Waals surface area contributed by atoms with Crippen LogP contribution in [0.2, 0.25) is 0 Å². The molecule has 0 aliphatic carbocycles. The van der Waals surface area contributed by atoms with Crippen molar-refractivity contribution in [2.45, 2.75) is 0 Å². The Morgan fingerprint density at radius 1 is 0.861 bits per heavy atom. The highest BCUT2D eigenvalue weighted by Crippen LogP contribution is 2.37. The Kier molecular flexibility index (Phi) is 6.91. The second kappa shape index (κ2) is 10.4. The van der Waals surface area contributed by atoms with Crippen molar-refractivity contribution in [2.75, 3.05) is 43.5 Å². The number of nitrogens with one attached hydrogen (secondary N) is 1. The maximum absolute atomic E-state index is 13.4. The number of hydrogen-bond acceptors (Lipinski definition) is 4. The molecule has 1 fully saturated rings. The largest absolute Gasteiger partial charge is 0.495 e. The molecule has 0 unspecified atom stereocenters. The van der Waals surface area contributed by atoms with Gasteiger partial charge >= 0.3 is 0 Å². The van der Waals surface area contributed by atoms with Crippen molar-refractivity contribution < 1.29 is 14.3 Å². The molecular weight excluding hydrogens is 518 g/mol. The Hall–Kier alpha value is -3.84. The minimum absolute atomic E-state index is 0.0471. The van der Waals surface area contributed by atoms with Crippen LogP contribution >= 0.6 is 15.9 Å². The van der Waals surface area contributed by atoms with Gasteiger partial charge in [0.15, 0.2) is 0 Å². The van der Waals surface area contributed by atoms with Gasteiger partial charge in [0.05, 0.1) is 28.5 Å². The predicted molar refractivity (Wildman–Crippen MR) is 147 cm³/mol. The molecule has 0 saturated carbocycles. The molecule has 1 saturated heterocycles. The number of methoxy groups -OCH3 is 1. The van der Waals surface area contributed by atoms with Crippen molar-refractivity contribution in [3.05, 3.63) is 101 Å². The quantitative estimate of drug-likeness (QED) is 0.344. The van der Waals surface area contributed by atoms with Gasteiger partial charge in [0.1, 0.15) is 5.75 Å². The Labute approximate surface area is 218 Å². The van der Waals surface area contributed by atoms with Crippen LogP contribution in [-0.4, -0.2) is 50.0 Å². The van der Waals surface area contributed by atoms with Crippen molar-refractivity contribution >= 4 is 49.9 Å². The molecule has 0 radical (unpaired) electrons. The average Bonchev–Trinajstić information content (AvgIpc) is 2.93. The number of amides is 2. The van der Waals surface area contributed by atoms with Crippen LogP contribution in [0.3, 0.4) is 0 Å². The third kappa shape index (κ3) is 4.66. The molecule has 1 aliphatic heterocycles. The maximum Gasteiger partial charge on any atom is 0.259 e. The number of benzene rings is 4.